The predicted octanol–water partition coefficient (Wildman–Crippen LogP) is 3.25. The number of hydrogen-bond donors (Lipinski definition) is 1. The van der Waals surface area contributed by atoms with Crippen LogP contribution in [-0.2, 0) is 19.1 Å². The number of carbonyl (C=O) groups excluding carboxylic acids is 4. The normalized spacial score (nSPS) is 20.7. The molecule has 2 aliphatic rings. The monoisotopic (exact) mass is 457 g/mol. The van der Waals surface area contributed by atoms with Gasteiger partial charge in [0.1, 0.15) is 0 Å². The van der Waals surface area contributed by atoms with Gasteiger partial charge in [0.05, 0.1) is 11.3 Å². The van der Waals surface area contributed by atoms with Gasteiger partial charge >= 0.3 is 5.97 Å². The van der Waals surface area contributed by atoms with Gasteiger partial charge in [-0.05, 0) is 45.2 Å². The molecule has 0 aromatic heterocycles. The summed E-state index contributed by atoms with van der Waals surface area (Å²) in [5.74, 6) is -1.12. The number of anilines is 1. The Kier molecular flexibility index (Phi) is 7.44. The van der Waals surface area contributed by atoms with Crippen molar-refractivity contribution in [1.82, 2.24) is 10.2 Å². The topological polar surface area (TPSA) is 96.0 Å². The third kappa shape index (κ3) is 4.75. The molecule has 3 rings (SSSR count). The molecule has 1 fully saturated rings. The molecule has 3 amide bonds. The molecule has 180 valence electrons. The summed E-state index contributed by atoms with van der Waals surface area (Å²) in [4.78, 5) is 54.9. The molecule has 8 nitrogen and oxygen atoms in total. The Morgan fingerprint density at radius 1 is 1.09 bits per heavy atom. The Bertz CT molecular complexity index is 928. The number of carbonyl (C=O) groups is 4. The zero-order valence-electron chi connectivity index (χ0n) is 20.2. The van der Waals surface area contributed by atoms with E-state index in [1.807, 2.05) is 6.92 Å². The van der Waals surface area contributed by atoms with Crippen LogP contribution in [0.15, 0.2) is 24.3 Å². The number of ether oxygens (including phenoxy) is 1. The van der Waals surface area contributed by atoms with Crippen LogP contribution >= 0.6 is 0 Å². The zero-order valence-corrected chi connectivity index (χ0v) is 20.2. The third-order valence-corrected chi connectivity index (χ3v) is 6.30. The fourth-order valence-corrected chi connectivity index (χ4v) is 4.84. The molecule has 8 heteroatoms. The maximum Gasteiger partial charge on any atom is 0.354 e. The molecule has 0 radical (unpaired) electrons. The van der Waals surface area contributed by atoms with Gasteiger partial charge in [0, 0.05) is 24.9 Å². The minimum Gasteiger partial charge on any atom is -0.452 e. The number of amides is 3. The quantitative estimate of drug-likeness (QED) is 0.574. The average molecular weight is 458 g/mol. The molecular weight excluding hydrogens is 422 g/mol. The van der Waals surface area contributed by atoms with Crippen LogP contribution in [0.4, 0.5) is 5.69 Å². The van der Waals surface area contributed by atoms with E-state index < -0.39 is 24.1 Å². The van der Waals surface area contributed by atoms with E-state index in [9.17, 15) is 19.2 Å². The highest BCUT2D eigenvalue weighted by molar-refractivity contribution is 6.15. The van der Waals surface area contributed by atoms with Gasteiger partial charge in [-0.25, -0.2) is 4.79 Å². The van der Waals surface area contributed by atoms with Crippen LogP contribution in [0.2, 0.25) is 0 Å². The summed E-state index contributed by atoms with van der Waals surface area (Å²) in [6.07, 6.45) is 3.16. The van der Waals surface area contributed by atoms with E-state index in [1.54, 1.807) is 38.1 Å². The molecule has 0 spiro atoms. The summed E-state index contributed by atoms with van der Waals surface area (Å²) in [7, 11) is 0. The van der Waals surface area contributed by atoms with Gasteiger partial charge in [0.25, 0.3) is 11.8 Å². The number of para-hydroxylation sites is 1. The highest BCUT2D eigenvalue weighted by Gasteiger charge is 2.62. The fraction of sp³-hybridized carbons (Fsp3) is 0.600. The number of benzene rings is 1. The van der Waals surface area contributed by atoms with E-state index in [0.717, 1.165) is 19.3 Å². The molecule has 33 heavy (non-hydrogen) atoms. The van der Waals surface area contributed by atoms with Gasteiger partial charge in [-0.1, -0.05) is 38.8 Å². The van der Waals surface area contributed by atoms with Crippen LogP contribution in [0.5, 0.6) is 0 Å². The zero-order chi connectivity index (χ0) is 24.3. The van der Waals surface area contributed by atoms with E-state index in [-0.39, 0.29) is 36.7 Å². The van der Waals surface area contributed by atoms with Crippen molar-refractivity contribution in [2.24, 2.45) is 5.92 Å². The molecule has 2 unspecified atom stereocenters. The number of fused-ring (bicyclic) bond motifs is 3. The van der Waals surface area contributed by atoms with Crippen molar-refractivity contribution in [3.05, 3.63) is 29.8 Å². The molecule has 1 aromatic carbocycles. The average Bonchev–Trinajstić information content (AvgIpc) is 3.09. The first-order chi connectivity index (χ1) is 15.6. The maximum absolute atomic E-state index is 13.5. The number of rotatable bonds is 9. The number of esters is 1. The Hall–Kier alpha value is -2.90. The van der Waals surface area contributed by atoms with Crippen molar-refractivity contribution in [2.45, 2.75) is 84.5 Å². The molecule has 0 bridgehead atoms. The van der Waals surface area contributed by atoms with E-state index in [4.69, 9.17) is 4.74 Å². The van der Waals surface area contributed by atoms with Crippen molar-refractivity contribution < 1.29 is 23.9 Å². The molecular formula is C25H35N3O5. The largest absolute Gasteiger partial charge is 0.452 e. The second kappa shape index (κ2) is 9.93. The predicted molar refractivity (Wildman–Crippen MR) is 124 cm³/mol. The number of hydrogen-bond acceptors (Lipinski definition) is 5. The van der Waals surface area contributed by atoms with Crippen molar-refractivity contribution in [3.8, 4) is 0 Å². The summed E-state index contributed by atoms with van der Waals surface area (Å²) in [6, 6.07) is 6.39. The van der Waals surface area contributed by atoms with E-state index in [1.165, 1.54) is 9.80 Å². The van der Waals surface area contributed by atoms with Crippen LogP contribution in [0, 0.1) is 5.92 Å². The lowest BCUT2D eigenvalue weighted by atomic mass is 9.95. The summed E-state index contributed by atoms with van der Waals surface area (Å²) in [5.41, 5.74) is -0.806. The smallest absolute Gasteiger partial charge is 0.354 e. The molecule has 0 saturated carbocycles. The van der Waals surface area contributed by atoms with Crippen LogP contribution < -0.4 is 10.2 Å². The van der Waals surface area contributed by atoms with Gasteiger partial charge in [0.15, 0.2) is 6.61 Å². The highest BCUT2D eigenvalue weighted by Crippen LogP contribution is 2.45. The SMILES string of the molecule is CC(C)CCCC(C)NC(=O)COC(=O)C12CCC(=O)N1c1ccccc1C(=O)N2C(C)C. The summed E-state index contributed by atoms with van der Waals surface area (Å²) >= 11 is 0. The van der Waals surface area contributed by atoms with Crippen LogP contribution in [0.25, 0.3) is 0 Å². The van der Waals surface area contributed by atoms with Gasteiger partial charge in [0.2, 0.25) is 11.6 Å². The minimum atomic E-state index is -1.58. The number of nitrogens with one attached hydrogen (secondary N) is 1. The lowest BCUT2D eigenvalue weighted by Crippen LogP contribution is -2.70. The third-order valence-electron chi connectivity index (χ3n) is 6.30. The number of nitrogens with zero attached hydrogens (tertiary/aromatic N) is 2. The maximum atomic E-state index is 13.5. The Balaban J connectivity index is 1.77. The van der Waals surface area contributed by atoms with Crippen molar-refractivity contribution in [2.75, 3.05) is 11.5 Å². The van der Waals surface area contributed by atoms with Crippen LogP contribution in [-0.4, -0.2) is 52.9 Å². The lowest BCUT2D eigenvalue weighted by molar-refractivity contribution is -0.161. The van der Waals surface area contributed by atoms with Crippen molar-refractivity contribution in [3.63, 3.8) is 0 Å². The minimum absolute atomic E-state index is 0.0343. The standard InChI is InChI=1S/C25H35N3O5/c1-16(2)9-8-10-18(5)26-21(29)15-33-24(32)25-14-13-22(30)28(25)20-12-7-6-11-19(20)23(31)27(25)17(3)4/h6-7,11-12,16-18H,8-10,13-15H2,1-5H3,(H,26,29). The van der Waals surface area contributed by atoms with Gasteiger partial charge < -0.3 is 15.0 Å². The Morgan fingerprint density at radius 2 is 1.79 bits per heavy atom. The van der Waals surface area contributed by atoms with Crippen LogP contribution in [0.3, 0.4) is 0 Å². The highest BCUT2D eigenvalue weighted by atomic mass is 16.5. The second-order valence-electron chi connectivity index (χ2n) is 9.70. The van der Waals surface area contributed by atoms with Gasteiger partial charge in [-0.2, -0.15) is 0 Å². The van der Waals surface area contributed by atoms with E-state index >= 15 is 0 Å². The van der Waals surface area contributed by atoms with Crippen LogP contribution in [0.1, 0.15) is 77.1 Å². The van der Waals surface area contributed by atoms with Gasteiger partial charge in [-0.3, -0.25) is 19.3 Å². The fourth-order valence-electron chi connectivity index (χ4n) is 4.84. The Labute approximate surface area is 195 Å². The first-order valence-electron chi connectivity index (χ1n) is 11.8. The molecule has 2 atom stereocenters. The molecule has 2 heterocycles. The van der Waals surface area contributed by atoms with Crippen molar-refractivity contribution >= 4 is 29.4 Å². The Morgan fingerprint density at radius 3 is 2.45 bits per heavy atom. The summed E-state index contributed by atoms with van der Waals surface area (Å²) < 4.78 is 5.44. The molecule has 1 saturated heterocycles. The lowest BCUT2D eigenvalue weighted by Gasteiger charge is -2.50. The molecule has 1 aromatic rings. The van der Waals surface area contributed by atoms with E-state index in [0.29, 0.717) is 17.2 Å². The molecule has 0 aliphatic carbocycles. The first kappa shape index (κ1) is 24.7. The van der Waals surface area contributed by atoms with E-state index in [2.05, 4.69) is 19.2 Å². The molecule has 1 N–H and O–H groups in total. The first-order valence-corrected chi connectivity index (χ1v) is 11.8. The summed E-state index contributed by atoms with van der Waals surface area (Å²) in [5, 5.41) is 2.86. The van der Waals surface area contributed by atoms with Gasteiger partial charge in [-0.15, -0.1) is 0 Å². The second-order valence-corrected chi connectivity index (χ2v) is 9.70. The summed E-state index contributed by atoms with van der Waals surface area (Å²) in [6.45, 7) is 9.38. The molecule has 2 aliphatic heterocycles. The van der Waals surface area contributed by atoms with Crippen molar-refractivity contribution in [1.29, 1.82) is 0 Å².